The van der Waals surface area contributed by atoms with Crippen molar-refractivity contribution in [1.29, 1.82) is 0 Å². The van der Waals surface area contributed by atoms with Crippen molar-refractivity contribution in [1.82, 2.24) is 9.97 Å². The molecule has 0 spiro atoms. The molecule has 0 bridgehead atoms. The van der Waals surface area contributed by atoms with Gasteiger partial charge in [-0.3, -0.25) is 4.98 Å². The molecule has 0 aliphatic heterocycles. The van der Waals surface area contributed by atoms with Crippen LogP contribution in [0, 0.1) is 6.92 Å². The summed E-state index contributed by atoms with van der Waals surface area (Å²) in [6.07, 6.45) is 3.65. The number of benzene rings is 1. The van der Waals surface area contributed by atoms with E-state index in [4.69, 9.17) is 5.73 Å². The second-order valence-electron chi connectivity index (χ2n) is 4.21. The van der Waals surface area contributed by atoms with E-state index in [2.05, 4.69) is 34.2 Å². The average Bonchev–Trinajstić information content (AvgIpc) is 2.84. The van der Waals surface area contributed by atoms with Gasteiger partial charge in [-0.1, -0.05) is 18.2 Å². The highest BCUT2D eigenvalue weighted by atomic mass is 32.1. The number of fused-ring (bicyclic) bond motifs is 1. The molecule has 0 radical (unpaired) electrons. The first-order valence-corrected chi connectivity index (χ1v) is 6.58. The Balaban J connectivity index is 2.03. The van der Waals surface area contributed by atoms with E-state index in [1.807, 2.05) is 19.2 Å². The maximum Gasteiger partial charge on any atom is 0.0897 e. The van der Waals surface area contributed by atoms with Crippen LogP contribution in [-0.4, -0.2) is 9.97 Å². The molecular weight excluding hydrogens is 242 g/mol. The quantitative estimate of drug-likeness (QED) is 0.765. The Hall–Kier alpha value is -1.78. The van der Waals surface area contributed by atoms with Gasteiger partial charge < -0.3 is 5.73 Å². The Kier molecular flexibility index (Phi) is 2.81. The third-order valence-electron chi connectivity index (χ3n) is 2.93. The summed E-state index contributed by atoms with van der Waals surface area (Å²) in [5, 5.41) is 2.17. The Morgan fingerprint density at radius 1 is 1.22 bits per heavy atom. The van der Waals surface area contributed by atoms with Gasteiger partial charge in [0, 0.05) is 22.7 Å². The number of aryl methyl sites for hydroxylation is 1. The fraction of sp³-hybridized carbons (Fsp3) is 0.143. The van der Waals surface area contributed by atoms with Gasteiger partial charge in [-0.05, 0) is 24.6 Å². The van der Waals surface area contributed by atoms with Crippen LogP contribution < -0.4 is 5.73 Å². The number of aromatic nitrogens is 2. The first-order chi connectivity index (χ1) is 8.74. The van der Waals surface area contributed by atoms with E-state index >= 15 is 0 Å². The SMILES string of the molecule is Cc1ncc(C(N)c2ccc3cccnc3c2)s1. The first-order valence-electron chi connectivity index (χ1n) is 5.76. The maximum absolute atomic E-state index is 6.26. The Morgan fingerprint density at radius 2 is 2.11 bits per heavy atom. The van der Waals surface area contributed by atoms with Crippen molar-refractivity contribution in [2.45, 2.75) is 13.0 Å². The Bertz CT molecular complexity index is 690. The molecule has 1 aromatic carbocycles. The molecule has 4 heteroatoms. The lowest BCUT2D eigenvalue weighted by molar-refractivity contribution is 0.891. The van der Waals surface area contributed by atoms with E-state index in [1.54, 1.807) is 17.5 Å². The highest BCUT2D eigenvalue weighted by Gasteiger charge is 2.12. The van der Waals surface area contributed by atoms with Crippen molar-refractivity contribution in [3.8, 4) is 0 Å². The first kappa shape index (κ1) is 11.3. The molecule has 0 aliphatic rings. The molecule has 3 nitrogen and oxygen atoms in total. The number of hydrogen-bond acceptors (Lipinski definition) is 4. The lowest BCUT2D eigenvalue weighted by Gasteiger charge is -2.10. The van der Waals surface area contributed by atoms with E-state index in [9.17, 15) is 0 Å². The predicted octanol–water partition coefficient (Wildman–Crippen LogP) is 3.05. The van der Waals surface area contributed by atoms with E-state index in [0.717, 1.165) is 26.4 Å². The Morgan fingerprint density at radius 3 is 2.89 bits per heavy atom. The van der Waals surface area contributed by atoms with Crippen LogP contribution in [0.3, 0.4) is 0 Å². The minimum atomic E-state index is -0.123. The Labute approximate surface area is 109 Å². The van der Waals surface area contributed by atoms with Gasteiger partial charge in [0.1, 0.15) is 0 Å². The largest absolute Gasteiger partial charge is 0.320 e. The van der Waals surface area contributed by atoms with Crippen molar-refractivity contribution >= 4 is 22.2 Å². The fourth-order valence-corrected chi connectivity index (χ4v) is 2.78. The smallest absolute Gasteiger partial charge is 0.0897 e. The molecule has 90 valence electrons. The predicted molar refractivity (Wildman–Crippen MR) is 74.6 cm³/mol. The number of nitrogens with zero attached hydrogens (tertiary/aromatic N) is 2. The highest BCUT2D eigenvalue weighted by Crippen LogP contribution is 2.26. The molecule has 1 atom stereocenters. The molecule has 0 saturated carbocycles. The average molecular weight is 255 g/mol. The van der Waals surface area contributed by atoms with Gasteiger partial charge in [0.05, 0.1) is 16.6 Å². The molecule has 2 heterocycles. The van der Waals surface area contributed by atoms with Crippen LogP contribution in [0.4, 0.5) is 0 Å². The summed E-state index contributed by atoms with van der Waals surface area (Å²) in [7, 11) is 0. The van der Waals surface area contributed by atoms with Crippen LogP contribution in [0.1, 0.15) is 21.5 Å². The molecule has 0 amide bonds. The zero-order valence-electron chi connectivity index (χ0n) is 10.00. The van der Waals surface area contributed by atoms with E-state index < -0.39 is 0 Å². The lowest BCUT2D eigenvalue weighted by atomic mass is 10.0. The van der Waals surface area contributed by atoms with Gasteiger partial charge in [-0.25, -0.2) is 4.98 Å². The summed E-state index contributed by atoms with van der Waals surface area (Å²) in [6.45, 7) is 1.99. The van der Waals surface area contributed by atoms with Crippen LogP contribution in [-0.2, 0) is 0 Å². The standard InChI is InChI=1S/C14H13N3S/c1-9-17-8-13(18-9)14(15)11-5-4-10-3-2-6-16-12(10)7-11/h2-8,14H,15H2,1H3. The molecule has 1 unspecified atom stereocenters. The number of nitrogens with two attached hydrogens (primary N) is 1. The van der Waals surface area contributed by atoms with Crippen molar-refractivity contribution in [3.63, 3.8) is 0 Å². The topological polar surface area (TPSA) is 51.8 Å². The molecule has 18 heavy (non-hydrogen) atoms. The van der Waals surface area contributed by atoms with Crippen LogP contribution in [0.2, 0.25) is 0 Å². The van der Waals surface area contributed by atoms with Gasteiger partial charge in [-0.15, -0.1) is 11.3 Å². The summed E-state index contributed by atoms with van der Waals surface area (Å²) in [5.74, 6) is 0. The van der Waals surface area contributed by atoms with Gasteiger partial charge in [0.25, 0.3) is 0 Å². The normalized spacial score (nSPS) is 12.8. The second kappa shape index (κ2) is 4.48. The summed E-state index contributed by atoms with van der Waals surface area (Å²) in [6, 6.07) is 10.0. The third kappa shape index (κ3) is 2.00. The van der Waals surface area contributed by atoms with Gasteiger partial charge >= 0.3 is 0 Å². The zero-order chi connectivity index (χ0) is 12.5. The lowest BCUT2D eigenvalue weighted by Crippen LogP contribution is -2.10. The number of rotatable bonds is 2. The molecule has 3 rings (SSSR count). The number of pyridine rings is 1. The van der Waals surface area contributed by atoms with Crippen molar-refractivity contribution in [2.24, 2.45) is 5.73 Å². The summed E-state index contributed by atoms with van der Waals surface area (Å²) < 4.78 is 0. The number of thiazole rings is 1. The minimum absolute atomic E-state index is 0.123. The van der Waals surface area contributed by atoms with Crippen molar-refractivity contribution in [3.05, 3.63) is 58.2 Å². The van der Waals surface area contributed by atoms with Crippen molar-refractivity contribution < 1.29 is 0 Å². The van der Waals surface area contributed by atoms with Gasteiger partial charge in [0.15, 0.2) is 0 Å². The van der Waals surface area contributed by atoms with E-state index in [-0.39, 0.29) is 6.04 Å². The van der Waals surface area contributed by atoms with Crippen LogP contribution in [0.15, 0.2) is 42.7 Å². The molecule has 0 aliphatic carbocycles. The second-order valence-corrected chi connectivity index (χ2v) is 5.48. The van der Waals surface area contributed by atoms with E-state index in [1.165, 1.54) is 0 Å². The van der Waals surface area contributed by atoms with Gasteiger partial charge in [0.2, 0.25) is 0 Å². The molecule has 3 aromatic rings. The fourth-order valence-electron chi connectivity index (χ4n) is 1.96. The van der Waals surface area contributed by atoms with Gasteiger partial charge in [-0.2, -0.15) is 0 Å². The minimum Gasteiger partial charge on any atom is -0.320 e. The summed E-state index contributed by atoms with van der Waals surface area (Å²) in [4.78, 5) is 9.69. The van der Waals surface area contributed by atoms with Crippen molar-refractivity contribution in [2.75, 3.05) is 0 Å². The number of hydrogen-bond donors (Lipinski definition) is 1. The highest BCUT2D eigenvalue weighted by molar-refractivity contribution is 7.11. The zero-order valence-corrected chi connectivity index (χ0v) is 10.8. The molecule has 0 fully saturated rings. The molecule has 2 aromatic heterocycles. The molecule has 2 N–H and O–H groups in total. The van der Waals surface area contributed by atoms with Crippen LogP contribution in [0.25, 0.3) is 10.9 Å². The summed E-state index contributed by atoms with van der Waals surface area (Å²) in [5.41, 5.74) is 8.32. The van der Waals surface area contributed by atoms with Crippen LogP contribution >= 0.6 is 11.3 Å². The monoisotopic (exact) mass is 255 g/mol. The third-order valence-corrected chi connectivity index (χ3v) is 3.93. The van der Waals surface area contributed by atoms with Crippen LogP contribution in [0.5, 0.6) is 0 Å². The molecular formula is C14H13N3S. The molecule has 0 saturated heterocycles. The van der Waals surface area contributed by atoms with E-state index in [0.29, 0.717) is 0 Å². The summed E-state index contributed by atoms with van der Waals surface area (Å²) >= 11 is 1.64. The maximum atomic E-state index is 6.26.